The molecular weight excluding hydrogens is 354 g/mol. The summed E-state index contributed by atoms with van der Waals surface area (Å²) >= 11 is 0. The standard InChI is InChI=1S/C18H23N3O4S/c1-4-20(5-2)26(24,25)16-12-10-15(11-13-16)14(3)19-17-8-6-7-9-18(17)21(22)23/h6-14,19H,4-5H2,1-3H3. The van der Waals surface area contributed by atoms with E-state index < -0.39 is 14.9 Å². The summed E-state index contributed by atoms with van der Waals surface area (Å²) in [6.07, 6.45) is 0. The molecule has 0 saturated heterocycles. The van der Waals surface area contributed by atoms with Crippen molar-refractivity contribution in [2.24, 2.45) is 0 Å². The second-order valence-electron chi connectivity index (χ2n) is 5.80. The van der Waals surface area contributed by atoms with E-state index in [1.54, 1.807) is 56.3 Å². The first-order valence-corrected chi connectivity index (χ1v) is 9.85. The Labute approximate surface area is 153 Å². The van der Waals surface area contributed by atoms with Gasteiger partial charge in [0.25, 0.3) is 5.69 Å². The molecule has 1 atom stereocenters. The van der Waals surface area contributed by atoms with Crippen LogP contribution in [-0.2, 0) is 10.0 Å². The van der Waals surface area contributed by atoms with Crippen molar-refractivity contribution in [2.75, 3.05) is 18.4 Å². The molecule has 0 heterocycles. The molecule has 1 N–H and O–H groups in total. The smallest absolute Gasteiger partial charge is 0.292 e. The van der Waals surface area contributed by atoms with Crippen LogP contribution in [0.15, 0.2) is 53.4 Å². The third-order valence-electron chi connectivity index (χ3n) is 4.20. The molecule has 0 radical (unpaired) electrons. The molecule has 0 aromatic heterocycles. The van der Waals surface area contributed by atoms with Gasteiger partial charge in [-0.2, -0.15) is 4.31 Å². The Balaban J connectivity index is 2.22. The van der Waals surface area contributed by atoms with Gasteiger partial charge in [0, 0.05) is 25.2 Å². The van der Waals surface area contributed by atoms with E-state index in [2.05, 4.69) is 5.32 Å². The molecule has 0 spiro atoms. The Morgan fingerprint density at radius 2 is 1.65 bits per heavy atom. The number of hydrogen-bond acceptors (Lipinski definition) is 5. The third kappa shape index (κ3) is 4.20. The number of nitro benzene ring substituents is 1. The fourth-order valence-electron chi connectivity index (χ4n) is 2.71. The van der Waals surface area contributed by atoms with Gasteiger partial charge in [0.2, 0.25) is 10.0 Å². The van der Waals surface area contributed by atoms with Crippen molar-refractivity contribution < 1.29 is 13.3 Å². The highest BCUT2D eigenvalue weighted by Crippen LogP contribution is 2.28. The number of benzene rings is 2. The first-order valence-electron chi connectivity index (χ1n) is 8.41. The molecular formula is C18H23N3O4S. The maximum absolute atomic E-state index is 12.5. The quantitative estimate of drug-likeness (QED) is 0.558. The SMILES string of the molecule is CCN(CC)S(=O)(=O)c1ccc(C(C)Nc2ccccc2[N+](=O)[O-])cc1. The van der Waals surface area contributed by atoms with Gasteiger partial charge in [-0.3, -0.25) is 10.1 Å². The van der Waals surface area contributed by atoms with Crippen molar-refractivity contribution in [3.63, 3.8) is 0 Å². The van der Waals surface area contributed by atoms with E-state index in [-0.39, 0.29) is 16.6 Å². The summed E-state index contributed by atoms with van der Waals surface area (Å²) in [5.41, 5.74) is 1.26. The predicted molar refractivity (Wildman–Crippen MR) is 102 cm³/mol. The highest BCUT2D eigenvalue weighted by atomic mass is 32.2. The van der Waals surface area contributed by atoms with Crippen molar-refractivity contribution in [1.29, 1.82) is 0 Å². The van der Waals surface area contributed by atoms with E-state index in [9.17, 15) is 18.5 Å². The lowest BCUT2D eigenvalue weighted by molar-refractivity contribution is -0.384. The van der Waals surface area contributed by atoms with Gasteiger partial charge in [0.15, 0.2) is 0 Å². The second-order valence-corrected chi connectivity index (χ2v) is 7.74. The molecule has 0 fully saturated rings. The topological polar surface area (TPSA) is 92.6 Å². The van der Waals surface area contributed by atoms with Crippen molar-refractivity contribution >= 4 is 21.4 Å². The van der Waals surface area contributed by atoms with Crippen molar-refractivity contribution in [2.45, 2.75) is 31.7 Å². The average Bonchev–Trinajstić information content (AvgIpc) is 2.63. The number of nitrogens with one attached hydrogen (secondary N) is 1. The van der Waals surface area contributed by atoms with Crippen LogP contribution in [-0.4, -0.2) is 30.7 Å². The van der Waals surface area contributed by atoms with Crippen LogP contribution in [0.3, 0.4) is 0 Å². The summed E-state index contributed by atoms with van der Waals surface area (Å²) in [6, 6.07) is 12.8. The Bertz CT molecular complexity index is 862. The lowest BCUT2D eigenvalue weighted by atomic mass is 10.1. The van der Waals surface area contributed by atoms with Crippen LogP contribution in [0.4, 0.5) is 11.4 Å². The highest BCUT2D eigenvalue weighted by molar-refractivity contribution is 7.89. The molecule has 0 amide bonds. The fraction of sp³-hybridized carbons (Fsp3) is 0.333. The largest absolute Gasteiger partial charge is 0.373 e. The van der Waals surface area contributed by atoms with Crippen LogP contribution in [0.5, 0.6) is 0 Å². The lowest BCUT2D eigenvalue weighted by Gasteiger charge is -2.19. The van der Waals surface area contributed by atoms with E-state index >= 15 is 0 Å². The van der Waals surface area contributed by atoms with Gasteiger partial charge in [-0.05, 0) is 30.7 Å². The maximum atomic E-state index is 12.5. The molecule has 0 aliphatic rings. The van der Waals surface area contributed by atoms with Gasteiger partial charge >= 0.3 is 0 Å². The van der Waals surface area contributed by atoms with Crippen LogP contribution >= 0.6 is 0 Å². The highest BCUT2D eigenvalue weighted by Gasteiger charge is 2.22. The summed E-state index contributed by atoms with van der Waals surface area (Å²) in [5, 5.41) is 14.2. The maximum Gasteiger partial charge on any atom is 0.292 e. The van der Waals surface area contributed by atoms with Crippen LogP contribution in [0.25, 0.3) is 0 Å². The van der Waals surface area contributed by atoms with Crippen LogP contribution in [0.1, 0.15) is 32.4 Å². The molecule has 140 valence electrons. The van der Waals surface area contributed by atoms with Crippen molar-refractivity contribution in [3.8, 4) is 0 Å². The summed E-state index contributed by atoms with van der Waals surface area (Å²) in [6.45, 7) is 6.29. The van der Waals surface area contributed by atoms with Gasteiger partial charge in [0.1, 0.15) is 5.69 Å². The van der Waals surface area contributed by atoms with E-state index in [0.717, 1.165) is 5.56 Å². The molecule has 2 aromatic carbocycles. The number of anilines is 1. The van der Waals surface area contributed by atoms with Gasteiger partial charge in [-0.15, -0.1) is 0 Å². The number of hydrogen-bond donors (Lipinski definition) is 1. The summed E-state index contributed by atoms with van der Waals surface area (Å²) in [4.78, 5) is 10.9. The molecule has 26 heavy (non-hydrogen) atoms. The van der Waals surface area contributed by atoms with E-state index in [1.165, 1.54) is 10.4 Å². The number of sulfonamides is 1. The second kappa shape index (κ2) is 8.29. The molecule has 2 rings (SSSR count). The third-order valence-corrected chi connectivity index (χ3v) is 6.26. The summed E-state index contributed by atoms with van der Waals surface area (Å²) in [5.74, 6) is 0. The molecule has 0 saturated carbocycles. The number of nitro groups is 1. The van der Waals surface area contributed by atoms with Crippen molar-refractivity contribution in [1.82, 2.24) is 4.31 Å². The minimum atomic E-state index is -3.50. The zero-order valence-corrected chi connectivity index (χ0v) is 15.9. The van der Waals surface area contributed by atoms with E-state index in [1.807, 2.05) is 6.92 Å². The predicted octanol–water partition coefficient (Wildman–Crippen LogP) is 3.80. The van der Waals surface area contributed by atoms with Crippen LogP contribution in [0, 0.1) is 10.1 Å². The van der Waals surface area contributed by atoms with Gasteiger partial charge < -0.3 is 5.32 Å². The zero-order valence-electron chi connectivity index (χ0n) is 15.0. The molecule has 0 bridgehead atoms. The molecule has 1 unspecified atom stereocenters. The minimum Gasteiger partial charge on any atom is -0.373 e. The summed E-state index contributed by atoms with van der Waals surface area (Å²) < 4.78 is 26.4. The first kappa shape index (κ1) is 19.9. The molecule has 0 aliphatic carbocycles. The monoisotopic (exact) mass is 377 g/mol. The van der Waals surface area contributed by atoms with Gasteiger partial charge in [-0.1, -0.05) is 38.1 Å². The van der Waals surface area contributed by atoms with Crippen LogP contribution < -0.4 is 5.32 Å². The molecule has 0 aliphatic heterocycles. The Morgan fingerprint density at radius 3 is 2.19 bits per heavy atom. The van der Waals surface area contributed by atoms with Gasteiger partial charge in [-0.25, -0.2) is 8.42 Å². The Hall–Kier alpha value is -2.45. The number of para-hydroxylation sites is 2. The Morgan fingerprint density at radius 1 is 1.08 bits per heavy atom. The van der Waals surface area contributed by atoms with Crippen molar-refractivity contribution in [3.05, 3.63) is 64.2 Å². The Kier molecular flexibility index (Phi) is 6.33. The summed E-state index contributed by atoms with van der Waals surface area (Å²) in [7, 11) is -3.50. The van der Waals surface area contributed by atoms with Crippen LogP contribution in [0.2, 0.25) is 0 Å². The lowest BCUT2D eigenvalue weighted by Crippen LogP contribution is -2.30. The van der Waals surface area contributed by atoms with E-state index in [0.29, 0.717) is 18.8 Å². The average molecular weight is 377 g/mol. The zero-order chi connectivity index (χ0) is 19.3. The fourth-order valence-corrected chi connectivity index (χ4v) is 4.17. The minimum absolute atomic E-state index is 0.0000753. The number of rotatable bonds is 8. The molecule has 2 aromatic rings. The molecule has 8 heteroatoms. The normalized spacial score (nSPS) is 12.8. The molecule has 7 nitrogen and oxygen atoms in total. The first-order chi connectivity index (χ1) is 12.3. The van der Waals surface area contributed by atoms with Gasteiger partial charge in [0.05, 0.1) is 9.82 Å². The van der Waals surface area contributed by atoms with E-state index in [4.69, 9.17) is 0 Å². The number of nitrogens with zero attached hydrogens (tertiary/aromatic N) is 2.